The van der Waals surface area contributed by atoms with E-state index in [2.05, 4.69) is 13.5 Å². The highest BCUT2D eigenvalue weighted by Gasteiger charge is 2.10. The Hall–Kier alpha value is -0.830. The third kappa shape index (κ3) is 18.0. The van der Waals surface area contributed by atoms with Crippen molar-refractivity contribution < 1.29 is 14.6 Å². The molecule has 1 N–H and O–H groups in total. The highest BCUT2D eigenvalue weighted by Crippen LogP contribution is 2.14. The molecule has 0 aromatic rings. The van der Waals surface area contributed by atoms with Crippen LogP contribution in [0.4, 0.5) is 0 Å². The summed E-state index contributed by atoms with van der Waals surface area (Å²) in [5.74, 6) is -0.506. The Bertz CT molecular complexity index is 338. The largest absolute Gasteiger partial charge is 0.433 e. The minimum absolute atomic E-state index is 0.330. The molecule has 0 aromatic heterocycles. The zero-order valence-electron chi connectivity index (χ0n) is 17.6. The summed E-state index contributed by atoms with van der Waals surface area (Å²) in [6.07, 6.45) is 20.8. The van der Waals surface area contributed by atoms with Gasteiger partial charge in [0.05, 0.1) is 0 Å². The molecule has 3 nitrogen and oxygen atoms in total. The van der Waals surface area contributed by atoms with Crippen LogP contribution in [0.5, 0.6) is 0 Å². The molecule has 0 saturated carbocycles. The molecule has 0 aromatic carbocycles. The quantitative estimate of drug-likeness (QED) is 0.115. The van der Waals surface area contributed by atoms with Gasteiger partial charge in [-0.05, 0) is 13.3 Å². The number of carbonyl (C=O) groups is 1. The number of aliphatic hydroxyl groups excluding tert-OH is 1. The molecule has 154 valence electrons. The van der Waals surface area contributed by atoms with Crippen LogP contribution in [0.1, 0.15) is 123 Å². The number of ether oxygens (including phenoxy) is 1. The standard InChI is InChI=1S/C23H44O3/c1-4-5-6-7-8-9-10-11-12-13-14-15-16-17-18-19-20-22(24)26-23(25)21(2)3/h22,24H,2,4-20H2,1,3H3. The number of carbonyl (C=O) groups excluding carboxylic acids is 1. The Labute approximate surface area is 162 Å². The Morgan fingerprint density at radius 3 is 1.46 bits per heavy atom. The fraction of sp³-hybridized carbons (Fsp3) is 0.870. The number of hydrogen-bond donors (Lipinski definition) is 1. The zero-order chi connectivity index (χ0) is 19.5. The minimum Gasteiger partial charge on any atom is -0.433 e. The van der Waals surface area contributed by atoms with Gasteiger partial charge in [0.2, 0.25) is 6.29 Å². The molecule has 0 aliphatic carbocycles. The van der Waals surface area contributed by atoms with Crippen molar-refractivity contribution in [3.63, 3.8) is 0 Å². The van der Waals surface area contributed by atoms with Crippen LogP contribution in [0.15, 0.2) is 12.2 Å². The molecular formula is C23H44O3. The van der Waals surface area contributed by atoms with Crippen molar-refractivity contribution in [2.24, 2.45) is 0 Å². The first kappa shape index (κ1) is 25.2. The smallest absolute Gasteiger partial charge is 0.335 e. The molecule has 0 spiro atoms. The Balaban J connectivity index is 3.17. The van der Waals surface area contributed by atoms with Gasteiger partial charge in [0.1, 0.15) is 0 Å². The lowest BCUT2D eigenvalue weighted by Gasteiger charge is -2.11. The number of esters is 1. The van der Waals surface area contributed by atoms with Crippen LogP contribution < -0.4 is 0 Å². The van der Waals surface area contributed by atoms with Gasteiger partial charge < -0.3 is 9.84 Å². The van der Waals surface area contributed by atoms with E-state index in [0.717, 1.165) is 12.8 Å². The van der Waals surface area contributed by atoms with Gasteiger partial charge in [0, 0.05) is 12.0 Å². The van der Waals surface area contributed by atoms with Gasteiger partial charge in [-0.1, -0.05) is 110 Å². The van der Waals surface area contributed by atoms with Gasteiger partial charge >= 0.3 is 5.97 Å². The lowest BCUT2D eigenvalue weighted by Crippen LogP contribution is -2.17. The van der Waals surface area contributed by atoms with Crippen molar-refractivity contribution in [1.82, 2.24) is 0 Å². The first-order valence-electron chi connectivity index (χ1n) is 11.1. The molecule has 3 heteroatoms. The first-order valence-corrected chi connectivity index (χ1v) is 11.1. The minimum atomic E-state index is -0.981. The monoisotopic (exact) mass is 368 g/mol. The van der Waals surface area contributed by atoms with Crippen molar-refractivity contribution in [3.8, 4) is 0 Å². The van der Waals surface area contributed by atoms with Gasteiger partial charge in [-0.25, -0.2) is 4.79 Å². The molecule has 1 unspecified atom stereocenters. The van der Waals surface area contributed by atoms with E-state index in [1.165, 1.54) is 89.9 Å². The molecule has 0 amide bonds. The number of aliphatic hydroxyl groups is 1. The van der Waals surface area contributed by atoms with Crippen molar-refractivity contribution >= 4 is 5.97 Å². The topological polar surface area (TPSA) is 46.5 Å². The van der Waals surface area contributed by atoms with Crippen molar-refractivity contribution in [2.45, 2.75) is 129 Å². The van der Waals surface area contributed by atoms with Crippen LogP contribution in [0.3, 0.4) is 0 Å². The molecule has 1 atom stereocenters. The molecule has 0 rings (SSSR count). The van der Waals surface area contributed by atoms with Crippen LogP contribution in [0, 0.1) is 0 Å². The van der Waals surface area contributed by atoms with E-state index in [4.69, 9.17) is 4.74 Å². The van der Waals surface area contributed by atoms with Crippen LogP contribution in [0.2, 0.25) is 0 Å². The molecule has 0 heterocycles. The second-order valence-corrected chi connectivity index (χ2v) is 7.73. The average Bonchev–Trinajstić information content (AvgIpc) is 2.61. The first-order chi connectivity index (χ1) is 12.6. The van der Waals surface area contributed by atoms with E-state index in [-0.39, 0.29) is 0 Å². The number of rotatable bonds is 19. The van der Waals surface area contributed by atoms with Crippen LogP contribution >= 0.6 is 0 Å². The predicted molar refractivity (Wildman–Crippen MR) is 111 cm³/mol. The Morgan fingerprint density at radius 2 is 1.12 bits per heavy atom. The summed E-state index contributed by atoms with van der Waals surface area (Å²) in [4.78, 5) is 11.2. The van der Waals surface area contributed by atoms with Gasteiger partial charge in [0.15, 0.2) is 0 Å². The van der Waals surface area contributed by atoms with E-state index in [9.17, 15) is 9.90 Å². The molecule has 0 fully saturated rings. The third-order valence-electron chi connectivity index (χ3n) is 4.90. The van der Waals surface area contributed by atoms with Gasteiger partial charge in [-0.15, -0.1) is 0 Å². The van der Waals surface area contributed by atoms with Gasteiger partial charge in [-0.2, -0.15) is 0 Å². The van der Waals surface area contributed by atoms with Crippen molar-refractivity contribution in [3.05, 3.63) is 12.2 Å². The molecule has 0 aliphatic heterocycles. The van der Waals surface area contributed by atoms with E-state index < -0.39 is 12.3 Å². The summed E-state index contributed by atoms with van der Waals surface area (Å²) in [6, 6.07) is 0. The maximum Gasteiger partial charge on any atom is 0.335 e. The van der Waals surface area contributed by atoms with Gasteiger partial charge in [0.25, 0.3) is 0 Å². The molecule has 26 heavy (non-hydrogen) atoms. The normalized spacial score (nSPS) is 12.1. The molecule has 0 aliphatic rings. The summed E-state index contributed by atoms with van der Waals surface area (Å²) in [6.45, 7) is 7.36. The zero-order valence-corrected chi connectivity index (χ0v) is 17.6. The van der Waals surface area contributed by atoms with Crippen LogP contribution in [0.25, 0.3) is 0 Å². The molecule has 0 radical (unpaired) electrons. The van der Waals surface area contributed by atoms with Crippen molar-refractivity contribution in [2.75, 3.05) is 0 Å². The Kier molecular flexibility index (Phi) is 18.3. The SMILES string of the molecule is C=C(C)C(=O)OC(O)CCCCCCCCCCCCCCCCCC. The van der Waals surface area contributed by atoms with E-state index >= 15 is 0 Å². The van der Waals surface area contributed by atoms with Crippen LogP contribution in [-0.4, -0.2) is 17.4 Å². The predicted octanol–water partition coefficient (Wildman–Crippen LogP) is 7.08. The third-order valence-corrected chi connectivity index (χ3v) is 4.90. The van der Waals surface area contributed by atoms with Crippen LogP contribution in [-0.2, 0) is 9.53 Å². The maximum atomic E-state index is 11.2. The summed E-state index contributed by atoms with van der Waals surface area (Å²) in [5.41, 5.74) is 0.330. The molecule has 0 saturated heterocycles. The summed E-state index contributed by atoms with van der Waals surface area (Å²) >= 11 is 0. The van der Waals surface area contributed by atoms with Gasteiger partial charge in [-0.3, -0.25) is 0 Å². The summed E-state index contributed by atoms with van der Waals surface area (Å²) in [5, 5.41) is 9.60. The fourth-order valence-corrected chi connectivity index (χ4v) is 3.15. The van der Waals surface area contributed by atoms with E-state index in [1.807, 2.05) is 0 Å². The van der Waals surface area contributed by atoms with E-state index in [0.29, 0.717) is 12.0 Å². The lowest BCUT2D eigenvalue weighted by molar-refractivity contribution is -0.163. The van der Waals surface area contributed by atoms with E-state index in [1.54, 1.807) is 6.92 Å². The average molecular weight is 369 g/mol. The second kappa shape index (κ2) is 18.9. The highest BCUT2D eigenvalue weighted by molar-refractivity contribution is 5.86. The summed E-state index contributed by atoms with van der Waals surface area (Å²) < 4.78 is 4.85. The number of unbranched alkanes of at least 4 members (excludes halogenated alkanes) is 15. The second-order valence-electron chi connectivity index (χ2n) is 7.73. The fourth-order valence-electron chi connectivity index (χ4n) is 3.15. The number of hydrogen-bond acceptors (Lipinski definition) is 3. The van der Waals surface area contributed by atoms with Crippen molar-refractivity contribution in [1.29, 1.82) is 0 Å². The molecular weight excluding hydrogens is 324 g/mol. The molecule has 0 bridgehead atoms. The Morgan fingerprint density at radius 1 is 0.769 bits per heavy atom. The highest BCUT2D eigenvalue weighted by atomic mass is 16.6. The maximum absolute atomic E-state index is 11.2. The lowest BCUT2D eigenvalue weighted by atomic mass is 10.0. The summed E-state index contributed by atoms with van der Waals surface area (Å²) in [7, 11) is 0.